The molecule has 12 heavy (non-hydrogen) atoms. The van der Waals surface area contributed by atoms with Crippen molar-refractivity contribution < 1.29 is 4.79 Å². The summed E-state index contributed by atoms with van der Waals surface area (Å²) in [5.41, 5.74) is 1.02. The third kappa shape index (κ3) is 2.80. The van der Waals surface area contributed by atoms with E-state index in [1.54, 1.807) is 0 Å². The maximum absolute atomic E-state index is 10.4. The second kappa shape index (κ2) is 5.13. The predicted molar refractivity (Wildman–Crippen MR) is 51.0 cm³/mol. The van der Waals surface area contributed by atoms with Crippen LogP contribution in [0.5, 0.6) is 0 Å². The first-order chi connectivity index (χ1) is 5.86. The molecular weight excluding hydrogens is 148 g/mol. The Bertz CT molecular complexity index is 170. The lowest BCUT2D eigenvalue weighted by molar-refractivity contribution is -0.105. The lowest BCUT2D eigenvalue weighted by atomic mass is 9.87. The number of rotatable bonds is 4. The third-order valence-corrected chi connectivity index (χ3v) is 2.67. The minimum absolute atomic E-state index is 0.855. The highest BCUT2D eigenvalue weighted by atomic mass is 16.1. The molecule has 0 aromatic carbocycles. The van der Waals surface area contributed by atoms with E-state index in [1.165, 1.54) is 25.7 Å². The van der Waals surface area contributed by atoms with E-state index in [4.69, 9.17) is 0 Å². The zero-order valence-electron chi connectivity index (χ0n) is 7.88. The largest absolute Gasteiger partial charge is 0.298 e. The number of allylic oxidation sites excluding steroid dienone is 2. The molecule has 0 saturated heterocycles. The highest BCUT2D eigenvalue weighted by molar-refractivity contribution is 5.73. The summed E-state index contributed by atoms with van der Waals surface area (Å²) in [4.78, 5) is 10.4. The van der Waals surface area contributed by atoms with Gasteiger partial charge >= 0.3 is 0 Å². The number of carbonyl (C=O) groups excluding carboxylic acids is 1. The minimum atomic E-state index is 0.855. The van der Waals surface area contributed by atoms with Crippen molar-refractivity contribution >= 4 is 6.29 Å². The van der Waals surface area contributed by atoms with E-state index in [-0.39, 0.29) is 0 Å². The standard InChI is InChI=1S/C11H18O/c1-2-3-4-10-5-7-11(9-12)8-6-10/h7,9-10H,2-6,8H2,1H3/t10-/m0/s1. The van der Waals surface area contributed by atoms with Gasteiger partial charge in [-0.25, -0.2) is 0 Å². The Hall–Kier alpha value is -0.590. The molecule has 0 aliphatic heterocycles. The average molecular weight is 166 g/mol. The number of hydrogen-bond donors (Lipinski definition) is 0. The van der Waals surface area contributed by atoms with Crippen molar-refractivity contribution in [1.82, 2.24) is 0 Å². The molecule has 0 fully saturated rings. The minimum Gasteiger partial charge on any atom is -0.298 e. The highest BCUT2D eigenvalue weighted by Gasteiger charge is 2.12. The van der Waals surface area contributed by atoms with Crippen LogP contribution in [0.3, 0.4) is 0 Å². The monoisotopic (exact) mass is 166 g/mol. The van der Waals surface area contributed by atoms with Crippen LogP contribution in [0.1, 0.15) is 45.4 Å². The van der Waals surface area contributed by atoms with Crippen molar-refractivity contribution in [3.05, 3.63) is 11.6 Å². The Kier molecular flexibility index (Phi) is 4.06. The Labute approximate surface area is 74.9 Å². The molecule has 0 heterocycles. The van der Waals surface area contributed by atoms with Crippen LogP contribution in [0.2, 0.25) is 0 Å². The van der Waals surface area contributed by atoms with Crippen LogP contribution in [-0.2, 0) is 4.79 Å². The fourth-order valence-corrected chi connectivity index (χ4v) is 1.77. The van der Waals surface area contributed by atoms with Gasteiger partial charge in [0, 0.05) is 0 Å². The second-order valence-electron chi connectivity index (χ2n) is 3.68. The summed E-state index contributed by atoms with van der Waals surface area (Å²) in [6, 6.07) is 0. The third-order valence-electron chi connectivity index (χ3n) is 2.67. The van der Waals surface area contributed by atoms with Gasteiger partial charge in [0.2, 0.25) is 0 Å². The number of hydrogen-bond acceptors (Lipinski definition) is 1. The first-order valence-corrected chi connectivity index (χ1v) is 5.01. The summed E-state index contributed by atoms with van der Waals surface area (Å²) in [7, 11) is 0. The van der Waals surface area contributed by atoms with E-state index < -0.39 is 0 Å². The van der Waals surface area contributed by atoms with Gasteiger partial charge < -0.3 is 0 Å². The second-order valence-corrected chi connectivity index (χ2v) is 3.68. The molecule has 0 amide bonds. The quantitative estimate of drug-likeness (QED) is 0.586. The summed E-state index contributed by atoms with van der Waals surface area (Å²) in [5.74, 6) is 0.855. The molecule has 0 saturated carbocycles. The van der Waals surface area contributed by atoms with Crippen LogP contribution in [-0.4, -0.2) is 6.29 Å². The summed E-state index contributed by atoms with van der Waals surface area (Å²) in [6.07, 6.45) is 10.5. The summed E-state index contributed by atoms with van der Waals surface area (Å²) >= 11 is 0. The Balaban J connectivity index is 2.26. The zero-order chi connectivity index (χ0) is 8.81. The highest BCUT2D eigenvalue weighted by Crippen LogP contribution is 2.26. The number of unbranched alkanes of at least 4 members (excludes halogenated alkanes) is 1. The van der Waals surface area contributed by atoms with Crippen molar-refractivity contribution in [2.75, 3.05) is 0 Å². The van der Waals surface area contributed by atoms with Crippen molar-refractivity contribution in [1.29, 1.82) is 0 Å². The SMILES string of the molecule is CCCC[C@H]1CC=C(C=O)CC1. The fraction of sp³-hybridized carbons (Fsp3) is 0.727. The summed E-state index contributed by atoms with van der Waals surface area (Å²) in [6.45, 7) is 2.23. The van der Waals surface area contributed by atoms with Crippen LogP contribution in [0.15, 0.2) is 11.6 Å². The van der Waals surface area contributed by atoms with Gasteiger partial charge in [0.15, 0.2) is 0 Å². The summed E-state index contributed by atoms with van der Waals surface area (Å²) < 4.78 is 0. The normalized spacial score (nSPS) is 23.4. The first-order valence-electron chi connectivity index (χ1n) is 5.01. The molecule has 1 atom stereocenters. The smallest absolute Gasteiger partial charge is 0.145 e. The van der Waals surface area contributed by atoms with Crippen LogP contribution >= 0.6 is 0 Å². The van der Waals surface area contributed by atoms with Gasteiger partial charge in [0.05, 0.1) is 0 Å². The molecule has 0 bridgehead atoms. The van der Waals surface area contributed by atoms with E-state index in [1.807, 2.05) is 0 Å². The van der Waals surface area contributed by atoms with Gasteiger partial charge in [-0.2, -0.15) is 0 Å². The average Bonchev–Trinajstić information content (AvgIpc) is 2.15. The first kappa shape index (κ1) is 9.50. The lowest BCUT2D eigenvalue weighted by Crippen LogP contribution is -2.06. The van der Waals surface area contributed by atoms with E-state index in [0.717, 1.165) is 30.6 Å². The topological polar surface area (TPSA) is 17.1 Å². The van der Waals surface area contributed by atoms with Crippen LogP contribution in [0.4, 0.5) is 0 Å². The van der Waals surface area contributed by atoms with Crippen molar-refractivity contribution in [3.8, 4) is 0 Å². The molecule has 0 radical (unpaired) electrons. The van der Waals surface area contributed by atoms with Crippen molar-refractivity contribution in [2.45, 2.75) is 45.4 Å². The van der Waals surface area contributed by atoms with Gasteiger partial charge in [-0.05, 0) is 30.8 Å². The Morgan fingerprint density at radius 2 is 2.50 bits per heavy atom. The molecule has 1 heteroatoms. The van der Waals surface area contributed by atoms with Gasteiger partial charge in [0.25, 0.3) is 0 Å². The molecule has 0 unspecified atom stereocenters. The zero-order valence-corrected chi connectivity index (χ0v) is 7.88. The van der Waals surface area contributed by atoms with Crippen LogP contribution < -0.4 is 0 Å². The van der Waals surface area contributed by atoms with E-state index in [0.29, 0.717) is 0 Å². The molecule has 1 rings (SSSR count). The molecular formula is C11H18O. The molecule has 68 valence electrons. The Morgan fingerprint density at radius 1 is 1.67 bits per heavy atom. The van der Waals surface area contributed by atoms with Gasteiger partial charge in [-0.1, -0.05) is 32.3 Å². The van der Waals surface area contributed by atoms with Gasteiger partial charge in [0.1, 0.15) is 6.29 Å². The van der Waals surface area contributed by atoms with Crippen LogP contribution in [0, 0.1) is 5.92 Å². The fourth-order valence-electron chi connectivity index (χ4n) is 1.77. The number of aldehydes is 1. The molecule has 0 aromatic rings. The molecule has 0 N–H and O–H groups in total. The van der Waals surface area contributed by atoms with E-state index in [9.17, 15) is 4.79 Å². The van der Waals surface area contributed by atoms with Crippen LogP contribution in [0.25, 0.3) is 0 Å². The maximum atomic E-state index is 10.4. The molecule has 0 spiro atoms. The molecule has 1 nitrogen and oxygen atoms in total. The van der Waals surface area contributed by atoms with E-state index >= 15 is 0 Å². The molecule has 1 aliphatic carbocycles. The molecule has 0 aromatic heterocycles. The lowest BCUT2D eigenvalue weighted by Gasteiger charge is -2.19. The van der Waals surface area contributed by atoms with Gasteiger partial charge in [-0.3, -0.25) is 4.79 Å². The van der Waals surface area contributed by atoms with Crippen molar-refractivity contribution in [3.63, 3.8) is 0 Å². The van der Waals surface area contributed by atoms with Crippen molar-refractivity contribution in [2.24, 2.45) is 5.92 Å². The molecule has 1 aliphatic rings. The van der Waals surface area contributed by atoms with Gasteiger partial charge in [-0.15, -0.1) is 0 Å². The Morgan fingerprint density at radius 3 is 3.00 bits per heavy atom. The summed E-state index contributed by atoms with van der Waals surface area (Å²) in [5, 5.41) is 0. The maximum Gasteiger partial charge on any atom is 0.145 e. The predicted octanol–water partition coefficient (Wildman–Crippen LogP) is 3.10. The van der Waals surface area contributed by atoms with E-state index in [2.05, 4.69) is 13.0 Å². The number of carbonyl (C=O) groups is 1.